The molecule has 242 valence electrons. The number of piperidine rings is 1. The Morgan fingerprint density at radius 3 is 2.49 bits per heavy atom. The summed E-state index contributed by atoms with van der Waals surface area (Å²) in [4.78, 5) is 39.2. The second kappa shape index (κ2) is 10.3. The third-order valence-electron chi connectivity index (χ3n) is 12.0. The standard InChI is InChI=1S/C41H32Cl2N4O2/c1-23-29-22-30-33(44-39(29)47(45-23)26-11-3-2-4-12-26)18-19-40(37(30)48)36(27-17-16-25(42)21-32(27)43)34-15-5-6-20-46(34)41(40)31-14-8-10-24-9-7-13-28(35(24)31)38(41)49/h2-4,7-14,16-17,21-22,34,36H,5-6,15,18-20H2,1H3/t34?,36-,40-,41-/m0/s1. The number of pyridine rings is 1. The summed E-state index contributed by atoms with van der Waals surface area (Å²) in [5.74, 6) is -0.341. The molecule has 2 aliphatic carbocycles. The SMILES string of the molecule is Cc1nn(-c2ccccc2)c2nc3c(cc12)C(=O)[C@]1(CC3)[C@@H](c2ccc(Cl)cc2Cl)C2CCCCN2[C@@]12C(=O)c1cccc3cccc2c13. The van der Waals surface area contributed by atoms with Gasteiger partial charge in [0.2, 0.25) is 0 Å². The van der Waals surface area contributed by atoms with Crippen LogP contribution in [0.1, 0.15) is 74.8 Å². The van der Waals surface area contributed by atoms with Crippen LogP contribution in [-0.2, 0) is 12.0 Å². The number of carbonyl (C=O) groups excluding carboxylic acids is 2. The first-order valence-electron chi connectivity index (χ1n) is 17.1. The van der Waals surface area contributed by atoms with E-state index in [0.29, 0.717) is 34.0 Å². The van der Waals surface area contributed by atoms with Gasteiger partial charge in [0.25, 0.3) is 0 Å². The first-order chi connectivity index (χ1) is 23.9. The summed E-state index contributed by atoms with van der Waals surface area (Å²) in [6.07, 6.45) is 3.85. The van der Waals surface area contributed by atoms with Gasteiger partial charge in [-0.15, -0.1) is 0 Å². The Morgan fingerprint density at radius 1 is 0.857 bits per heavy atom. The van der Waals surface area contributed by atoms with Crippen LogP contribution in [0.2, 0.25) is 10.0 Å². The molecule has 4 heterocycles. The monoisotopic (exact) mass is 682 g/mol. The van der Waals surface area contributed by atoms with Crippen molar-refractivity contribution >= 4 is 56.6 Å². The first-order valence-corrected chi connectivity index (χ1v) is 17.9. The van der Waals surface area contributed by atoms with Crippen molar-refractivity contribution in [2.75, 3.05) is 6.54 Å². The van der Waals surface area contributed by atoms with E-state index in [1.165, 1.54) is 0 Å². The maximum Gasteiger partial charge on any atom is 0.189 e. The molecule has 2 spiro atoms. The molecular formula is C41H32Cl2N4O2. The predicted molar refractivity (Wildman–Crippen MR) is 192 cm³/mol. The molecule has 4 aromatic carbocycles. The van der Waals surface area contributed by atoms with Crippen LogP contribution < -0.4 is 0 Å². The van der Waals surface area contributed by atoms with Crippen molar-refractivity contribution < 1.29 is 9.59 Å². The average Bonchev–Trinajstić information content (AvgIpc) is 3.68. The number of halogens is 2. The molecule has 2 aliphatic heterocycles. The van der Waals surface area contributed by atoms with Crippen molar-refractivity contribution in [2.45, 2.75) is 56.5 Å². The number of aryl methyl sites for hydroxylation is 2. The maximum absolute atomic E-state index is 16.0. The summed E-state index contributed by atoms with van der Waals surface area (Å²) in [5, 5.41) is 8.78. The second-order valence-electron chi connectivity index (χ2n) is 14.1. The first kappa shape index (κ1) is 29.5. The number of carbonyl (C=O) groups is 2. The molecule has 0 amide bonds. The quantitative estimate of drug-likeness (QED) is 0.182. The van der Waals surface area contributed by atoms with Crippen LogP contribution in [-0.4, -0.2) is 43.8 Å². The number of rotatable bonds is 2. The molecule has 2 aromatic heterocycles. The van der Waals surface area contributed by atoms with E-state index in [1.54, 1.807) is 6.07 Å². The summed E-state index contributed by atoms with van der Waals surface area (Å²) in [7, 11) is 0. The molecular weight excluding hydrogens is 651 g/mol. The normalized spacial score (nSPS) is 25.9. The Balaban J connectivity index is 1.28. The van der Waals surface area contributed by atoms with Gasteiger partial charge in [0.15, 0.2) is 17.2 Å². The van der Waals surface area contributed by atoms with Crippen LogP contribution in [0.4, 0.5) is 0 Å². The molecule has 8 heteroatoms. The highest BCUT2D eigenvalue weighted by Gasteiger charge is 2.77. The van der Waals surface area contributed by atoms with Crippen LogP contribution >= 0.6 is 23.2 Å². The molecule has 0 saturated carbocycles. The van der Waals surface area contributed by atoms with Gasteiger partial charge in [0.05, 0.1) is 22.5 Å². The average molecular weight is 684 g/mol. The second-order valence-corrected chi connectivity index (χ2v) is 15.0. The van der Waals surface area contributed by atoms with Crippen LogP contribution in [0, 0.1) is 12.3 Å². The largest absolute Gasteiger partial charge is 0.293 e. The van der Waals surface area contributed by atoms with Gasteiger partial charge < -0.3 is 0 Å². The van der Waals surface area contributed by atoms with Crippen LogP contribution in [0.5, 0.6) is 0 Å². The number of hydrogen-bond donors (Lipinski definition) is 0. The number of para-hydroxylation sites is 1. The number of hydrogen-bond acceptors (Lipinski definition) is 5. The summed E-state index contributed by atoms with van der Waals surface area (Å²) in [6, 6.07) is 29.8. The lowest BCUT2D eigenvalue weighted by molar-refractivity contribution is 0.0114. The molecule has 4 aliphatic rings. The smallest absolute Gasteiger partial charge is 0.189 e. The zero-order chi connectivity index (χ0) is 33.2. The van der Waals surface area contributed by atoms with Crippen molar-refractivity contribution in [3.05, 3.63) is 135 Å². The van der Waals surface area contributed by atoms with Crippen LogP contribution in [0.3, 0.4) is 0 Å². The summed E-state index contributed by atoms with van der Waals surface area (Å²) in [6.45, 7) is 2.69. The zero-order valence-electron chi connectivity index (χ0n) is 26.9. The van der Waals surface area contributed by atoms with Gasteiger partial charge in [-0.2, -0.15) is 5.10 Å². The molecule has 4 atom stereocenters. The fraction of sp³-hybridized carbons (Fsp3) is 0.268. The molecule has 2 fully saturated rings. The minimum Gasteiger partial charge on any atom is -0.293 e. The Kier molecular flexibility index (Phi) is 6.23. The van der Waals surface area contributed by atoms with Crippen molar-refractivity contribution in [1.29, 1.82) is 0 Å². The highest BCUT2D eigenvalue weighted by molar-refractivity contribution is 6.35. The summed E-state index contributed by atoms with van der Waals surface area (Å²) in [5.41, 5.74) is 3.98. The molecule has 1 unspecified atom stereocenters. The fourth-order valence-electron chi connectivity index (χ4n) is 10.3. The Hall–Kier alpha value is -4.36. The van der Waals surface area contributed by atoms with Gasteiger partial charge in [-0.3, -0.25) is 14.5 Å². The van der Waals surface area contributed by atoms with E-state index in [1.807, 2.05) is 78.3 Å². The van der Waals surface area contributed by atoms with E-state index in [4.69, 9.17) is 33.3 Å². The molecule has 10 rings (SSSR count). The van der Waals surface area contributed by atoms with Gasteiger partial charge in [-0.1, -0.05) is 90.3 Å². The third kappa shape index (κ3) is 3.62. The number of benzene rings is 4. The van der Waals surface area contributed by atoms with E-state index in [9.17, 15) is 0 Å². The minimum absolute atomic E-state index is 0.0256. The lowest BCUT2D eigenvalue weighted by Gasteiger charge is -2.50. The molecule has 0 N–H and O–H groups in total. The number of aromatic nitrogens is 3. The molecule has 2 saturated heterocycles. The molecule has 6 nitrogen and oxygen atoms in total. The topological polar surface area (TPSA) is 68.1 Å². The molecule has 6 aromatic rings. The third-order valence-corrected chi connectivity index (χ3v) is 12.6. The predicted octanol–water partition coefficient (Wildman–Crippen LogP) is 9.05. The minimum atomic E-state index is -1.19. The maximum atomic E-state index is 16.0. The van der Waals surface area contributed by atoms with Gasteiger partial charge >= 0.3 is 0 Å². The van der Waals surface area contributed by atoms with Crippen molar-refractivity contribution in [3.63, 3.8) is 0 Å². The molecule has 0 bridgehead atoms. The Labute approximate surface area is 293 Å². The summed E-state index contributed by atoms with van der Waals surface area (Å²) >= 11 is 13.6. The van der Waals surface area contributed by atoms with Crippen LogP contribution in [0.25, 0.3) is 27.5 Å². The number of nitrogens with zero attached hydrogens (tertiary/aromatic N) is 4. The lowest BCUT2D eigenvalue weighted by atomic mass is 9.52. The molecule has 0 radical (unpaired) electrons. The van der Waals surface area contributed by atoms with Gasteiger partial charge in [0, 0.05) is 38.5 Å². The van der Waals surface area contributed by atoms with E-state index in [2.05, 4.69) is 23.1 Å². The Morgan fingerprint density at radius 2 is 1.67 bits per heavy atom. The number of fused-ring (bicyclic) bond motifs is 6. The molecule has 49 heavy (non-hydrogen) atoms. The van der Waals surface area contributed by atoms with E-state index in [-0.39, 0.29) is 23.5 Å². The van der Waals surface area contributed by atoms with Gasteiger partial charge in [-0.05, 0) is 91.4 Å². The van der Waals surface area contributed by atoms with Crippen molar-refractivity contribution in [2.24, 2.45) is 5.41 Å². The highest BCUT2D eigenvalue weighted by atomic mass is 35.5. The summed E-state index contributed by atoms with van der Waals surface area (Å²) < 4.78 is 1.87. The number of ketones is 2. The van der Waals surface area contributed by atoms with E-state index >= 15 is 9.59 Å². The van der Waals surface area contributed by atoms with Gasteiger partial charge in [0.1, 0.15) is 5.54 Å². The fourth-order valence-corrected chi connectivity index (χ4v) is 10.8. The number of Topliss-reactive ketones (excluding diaryl/α,β-unsaturated/α-hetero) is 2. The van der Waals surface area contributed by atoms with E-state index in [0.717, 1.165) is 75.8 Å². The highest BCUT2D eigenvalue weighted by Crippen LogP contribution is 2.71. The van der Waals surface area contributed by atoms with E-state index < -0.39 is 11.0 Å². The van der Waals surface area contributed by atoms with Crippen molar-refractivity contribution in [1.82, 2.24) is 19.7 Å². The van der Waals surface area contributed by atoms with Crippen LogP contribution in [0.15, 0.2) is 91.0 Å². The Bertz CT molecular complexity index is 2420. The van der Waals surface area contributed by atoms with Crippen molar-refractivity contribution in [3.8, 4) is 5.69 Å². The zero-order valence-corrected chi connectivity index (χ0v) is 28.4. The lowest BCUT2D eigenvalue weighted by Crippen LogP contribution is -2.61. The van der Waals surface area contributed by atoms with Gasteiger partial charge in [-0.25, -0.2) is 9.67 Å².